The van der Waals surface area contributed by atoms with Crippen molar-refractivity contribution >= 4 is 7.60 Å². The molecule has 1 heterocycles. The molecule has 2 atom stereocenters. The molecule has 0 aliphatic carbocycles. The van der Waals surface area contributed by atoms with Gasteiger partial charge in [0.2, 0.25) is 5.79 Å². The first-order chi connectivity index (χ1) is 12.4. The minimum Gasteiger partial charge on any atom is -0.363 e. The molecule has 2 aromatic carbocycles. The van der Waals surface area contributed by atoms with Crippen LogP contribution in [0.3, 0.4) is 0 Å². The molecule has 0 aromatic heterocycles. The summed E-state index contributed by atoms with van der Waals surface area (Å²) >= 11 is 0. The highest BCUT2D eigenvalue weighted by Crippen LogP contribution is 2.61. The summed E-state index contributed by atoms with van der Waals surface area (Å²) in [5, 5.41) is 10.7. The Hall–Kier alpha value is -1.53. The Balaban J connectivity index is 2.16. The van der Waals surface area contributed by atoms with Gasteiger partial charge in [0.05, 0.1) is 0 Å². The van der Waals surface area contributed by atoms with Crippen LogP contribution in [0, 0.1) is 0 Å². The van der Waals surface area contributed by atoms with Crippen LogP contribution in [0.1, 0.15) is 24.5 Å². The van der Waals surface area contributed by atoms with Gasteiger partial charge in [0.15, 0.2) is 5.60 Å². The Labute approximate surface area is 153 Å². The van der Waals surface area contributed by atoms with Gasteiger partial charge in [-0.2, -0.15) is 4.89 Å². The van der Waals surface area contributed by atoms with E-state index in [1.165, 1.54) is 21.1 Å². The van der Waals surface area contributed by atoms with Gasteiger partial charge in [0.1, 0.15) is 5.66 Å². The van der Waals surface area contributed by atoms with Gasteiger partial charge in [-0.3, -0.25) is 4.57 Å². The molecule has 1 saturated heterocycles. The van der Waals surface area contributed by atoms with Crippen LogP contribution < -0.4 is 0 Å². The van der Waals surface area contributed by atoms with E-state index in [1.807, 2.05) is 60.7 Å². The van der Waals surface area contributed by atoms with Crippen molar-refractivity contribution in [1.82, 2.24) is 0 Å². The van der Waals surface area contributed by atoms with Crippen molar-refractivity contribution in [1.29, 1.82) is 0 Å². The van der Waals surface area contributed by atoms with E-state index in [2.05, 4.69) is 0 Å². The molecule has 1 fully saturated rings. The van der Waals surface area contributed by atoms with Gasteiger partial charge in [-0.05, 0) is 18.1 Å². The van der Waals surface area contributed by atoms with Gasteiger partial charge >= 0.3 is 7.60 Å². The highest BCUT2D eigenvalue weighted by molar-refractivity contribution is 7.54. The average Bonchev–Trinajstić information content (AvgIpc) is 2.69. The molecule has 0 saturated carbocycles. The van der Waals surface area contributed by atoms with Crippen molar-refractivity contribution < 1.29 is 28.5 Å². The summed E-state index contributed by atoms with van der Waals surface area (Å²) in [5.41, 5.74) is -0.405. The summed E-state index contributed by atoms with van der Waals surface area (Å²) in [7, 11) is -1.07. The minimum atomic E-state index is -3.65. The first kappa shape index (κ1) is 19.2. The molecule has 0 spiro atoms. The topological polar surface area (TPSA) is 74.2 Å². The number of rotatable bonds is 5. The Morgan fingerprint density at radius 1 is 0.962 bits per heavy atom. The van der Waals surface area contributed by atoms with Crippen LogP contribution in [-0.4, -0.2) is 30.8 Å². The monoisotopic (exact) mass is 378 g/mol. The predicted molar refractivity (Wildman–Crippen MR) is 96.5 cm³/mol. The van der Waals surface area contributed by atoms with E-state index in [0.29, 0.717) is 0 Å². The van der Waals surface area contributed by atoms with E-state index >= 15 is 0 Å². The number of hydrogen-bond donors (Lipinski definition) is 1. The van der Waals surface area contributed by atoms with Gasteiger partial charge in [-0.1, -0.05) is 60.7 Å². The summed E-state index contributed by atoms with van der Waals surface area (Å²) in [6.07, 6.45) is 0.146. The molecule has 0 radical (unpaired) electrons. The van der Waals surface area contributed by atoms with E-state index < -0.39 is 24.6 Å². The summed E-state index contributed by atoms with van der Waals surface area (Å²) < 4.78 is 23.5. The highest BCUT2D eigenvalue weighted by atomic mass is 31.2. The molecule has 0 bridgehead atoms. The fourth-order valence-corrected chi connectivity index (χ4v) is 5.12. The Morgan fingerprint density at radius 3 is 1.85 bits per heavy atom. The van der Waals surface area contributed by atoms with Crippen molar-refractivity contribution in [3.8, 4) is 0 Å². The Bertz CT molecular complexity index is 730. The molecule has 26 heavy (non-hydrogen) atoms. The summed E-state index contributed by atoms with van der Waals surface area (Å²) in [4.78, 5) is 11.2. The second-order valence-corrected chi connectivity index (χ2v) is 8.84. The van der Waals surface area contributed by atoms with Crippen molar-refractivity contribution in [3.05, 3.63) is 71.8 Å². The van der Waals surface area contributed by atoms with Gasteiger partial charge in [0, 0.05) is 20.6 Å². The molecule has 1 N–H and O–H groups in total. The fraction of sp³-hybridized carbons (Fsp3) is 0.368. The van der Waals surface area contributed by atoms with Crippen LogP contribution in [0.25, 0.3) is 0 Å². The number of aliphatic hydroxyl groups is 1. The second kappa shape index (κ2) is 7.24. The van der Waals surface area contributed by atoms with Crippen LogP contribution in [0.4, 0.5) is 0 Å². The van der Waals surface area contributed by atoms with Crippen LogP contribution in [0.15, 0.2) is 60.7 Å². The molecule has 140 valence electrons. The van der Waals surface area contributed by atoms with Crippen molar-refractivity contribution in [3.63, 3.8) is 0 Å². The van der Waals surface area contributed by atoms with Crippen molar-refractivity contribution in [2.45, 2.75) is 30.4 Å². The lowest BCUT2D eigenvalue weighted by molar-refractivity contribution is -0.476. The zero-order chi connectivity index (χ0) is 18.8. The van der Waals surface area contributed by atoms with E-state index in [1.54, 1.807) is 0 Å². The lowest BCUT2D eigenvalue weighted by atomic mass is 9.80. The number of hydrogen-bond acceptors (Lipinski definition) is 6. The normalized spacial score (nSPS) is 25.8. The van der Waals surface area contributed by atoms with E-state index in [0.717, 1.165) is 11.1 Å². The van der Waals surface area contributed by atoms with E-state index in [-0.39, 0.29) is 6.42 Å². The third-order valence-corrected chi connectivity index (χ3v) is 7.27. The minimum absolute atomic E-state index is 0.146. The molecule has 1 aliphatic heterocycles. The lowest BCUT2D eigenvalue weighted by Gasteiger charge is -2.47. The summed E-state index contributed by atoms with van der Waals surface area (Å²) in [6, 6.07) is 18.9. The van der Waals surface area contributed by atoms with Crippen molar-refractivity contribution in [2.24, 2.45) is 0 Å². The third kappa shape index (κ3) is 3.25. The molecule has 2 aromatic rings. The van der Waals surface area contributed by atoms with Gasteiger partial charge in [0.25, 0.3) is 0 Å². The largest absolute Gasteiger partial charge is 0.363 e. The lowest BCUT2D eigenvalue weighted by Crippen LogP contribution is -2.53. The summed E-state index contributed by atoms with van der Waals surface area (Å²) in [5.74, 6) is -1.84. The average molecular weight is 378 g/mol. The quantitative estimate of drug-likeness (QED) is 0.629. The molecular formula is C19H23O6P. The van der Waals surface area contributed by atoms with Crippen molar-refractivity contribution in [2.75, 3.05) is 14.2 Å². The molecule has 0 amide bonds. The molecular weight excluding hydrogens is 355 g/mol. The summed E-state index contributed by atoms with van der Waals surface area (Å²) in [6.45, 7) is 1.39. The maximum absolute atomic E-state index is 13.1. The standard InChI is InChI=1S/C19H23O6P/c1-18(20)17(26(21,22-2)23-3)14-19(25-24-18,15-10-6-4-7-11-15)16-12-8-5-9-13-16/h4-13,17,20H,14H2,1-3H3/t17-,18+/m0/s1. The molecule has 0 unspecified atom stereocenters. The molecule has 7 heteroatoms. The maximum atomic E-state index is 13.1. The third-order valence-electron chi connectivity index (χ3n) is 4.82. The van der Waals surface area contributed by atoms with Crippen LogP contribution in [0.2, 0.25) is 0 Å². The molecule has 1 aliphatic rings. The molecule has 6 nitrogen and oxygen atoms in total. The second-order valence-electron chi connectivity index (χ2n) is 6.41. The maximum Gasteiger partial charge on any atom is 0.338 e. The van der Waals surface area contributed by atoms with E-state index in [9.17, 15) is 9.67 Å². The Kier molecular flexibility index (Phi) is 5.35. The number of benzene rings is 2. The van der Waals surface area contributed by atoms with E-state index in [4.69, 9.17) is 18.8 Å². The first-order valence-electron chi connectivity index (χ1n) is 8.29. The SMILES string of the molecule is COP(=O)(OC)[C@H]1CC(c2ccccc2)(c2ccccc2)OO[C@@]1(C)O. The van der Waals surface area contributed by atoms with Crippen LogP contribution in [-0.2, 0) is 29.0 Å². The first-order valence-corrected chi connectivity index (χ1v) is 9.90. The predicted octanol–water partition coefficient (Wildman–Crippen LogP) is 3.85. The van der Waals surface area contributed by atoms with Crippen LogP contribution >= 0.6 is 7.60 Å². The molecule has 3 rings (SSSR count). The van der Waals surface area contributed by atoms with Gasteiger partial charge < -0.3 is 14.2 Å². The van der Waals surface area contributed by atoms with Gasteiger partial charge in [-0.25, -0.2) is 4.89 Å². The van der Waals surface area contributed by atoms with Crippen LogP contribution in [0.5, 0.6) is 0 Å². The zero-order valence-electron chi connectivity index (χ0n) is 15.0. The fourth-order valence-electron chi connectivity index (χ4n) is 3.35. The Morgan fingerprint density at radius 2 is 1.42 bits per heavy atom. The highest BCUT2D eigenvalue weighted by Gasteiger charge is 2.58. The zero-order valence-corrected chi connectivity index (χ0v) is 15.9. The smallest absolute Gasteiger partial charge is 0.338 e. The van der Waals surface area contributed by atoms with Gasteiger partial charge in [-0.15, -0.1) is 0 Å².